The van der Waals surface area contributed by atoms with Crippen molar-refractivity contribution in [1.82, 2.24) is 0 Å². The van der Waals surface area contributed by atoms with Crippen molar-refractivity contribution in [3.63, 3.8) is 0 Å². The number of nitrogen functional groups attached to an aromatic ring is 1. The quantitative estimate of drug-likeness (QED) is 0.832. The number of hydrogen-bond donors (Lipinski definition) is 2. The predicted octanol–water partition coefficient (Wildman–Crippen LogP) is 2.83. The summed E-state index contributed by atoms with van der Waals surface area (Å²) in [4.78, 5) is 0. The van der Waals surface area contributed by atoms with Crippen molar-refractivity contribution in [3.8, 4) is 5.75 Å². The zero-order valence-electron chi connectivity index (χ0n) is 10.6. The first kappa shape index (κ1) is 13.4. The van der Waals surface area contributed by atoms with Gasteiger partial charge in [-0.15, -0.1) is 0 Å². The van der Waals surface area contributed by atoms with Crippen molar-refractivity contribution in [2.45, 2.75) is 13.0 Å². The highest BCUT2D eigenvalue weighted by molar-refractivity contribution is 5.41. The molecule has 0 aliphatic carbocycles. The molecule has 4 heteroatoms. The lowest BCUT2D eigenvalue weighted by atomic mass is 10.1. The van der Waals surface area contributed by atoms with Crippen molar-refractivity contribution in [2.24, 2.45) is 0 Å². The highest BCUT2D eigenvalue weighted by Gasteiger charge is 2.10. The predicted molar refractivity (Wildman–Crippen MR) is 72.4 cm³/mol. The van der Waals surface area contributed by atoms with E-state index in [1.165, 1.54) is 12.1 Å². The highest BCUT2D eigenvalue weighted by Crippen LogP contribution is 2.22. The minimum absolute atomic E-state index is 0.0494. The monoisotopic (exact) mass is 261 g/mol. The molecule has 0 saturated carbocycles. The molecule has 0 bridgehead atoms. The molecule has 3 nitrogen and oxygen atoms in total. The van der Waals surface area contributed by atoms with E-state index >= 15 is 0 Å². The van der Waals surface area contributed by atoms with E-state index in [-0.39, 0.29) is 12.4 Å². The molecule has 3 N–H and O–H groups in total. The van der Waals surface area contributed by atoms with Gasteiger partial charge < -0.3 is 15.6 Å². The molecule has 0 aromatic heterocycles. The molecule has 0 aliphatic rings. The van der Waals surface area contributed by atoms with Crippen molar-refractivity contribution in [1.29, 1.82) is 0 Å². The fourth-order valence-electron chi connectivity index (χ4n) is 1.76. The van der Waals surface area contributed by atoms with Gasteiger partial charge in [-0.2, -0.15) is 0 Å². The van der Waals surface area contributed by atoms with Crippen LogP contribution >= 0.6 is 0 Å². The Balaban J connectivity index is 2.04. The van der Waals surface area contributed by atoms with Crippen molar-refractivity contribution < 1.29 is 14.2 Å². The summed E-state index contributed by atoms with van der Waals surface area (Å²) in [5.74, 6) is 0.0713. The van der Waals surface area contributed by atoms with Crippen LogP contribution in [0.25, 0.3) is 0 Å². The van der Waals surface area contributed by atoms with Crippen LogP contribution in [0.5, 0.6) is 5.75 Å². The second kappa shape index (κ2) is 5.71. The fourth-order valence-corrected chi connectivity index (χ4v) is 1.76. The third-order valence-electron chi connectivity index (χ3n) is 2.84. The Kier molecular flexibility index (Phi) is 4.02. The molecule has 0 radical (unpaired) electrons. The summed E-state index contributed by atoms with van der Waals surface area (Å²) in [7, 11) is 0. The Hall–Kier alpha value is -2.07. The van der Waals surface area contributed by atoms with Gasteiger partial charge in [0.1, 0.15) is 24.3 Å². The first-order chi connectivity index (χ1) is 9.06. The zero-order chi connectivity index (χ0) is 13.8. The minimum Gasteiger partial charge on any atom is -0.490 e. The number of halogens is 1. The normalized spacial score (nSPS) is 12.2. The van der Waals surface area contributed by atoms with E-state index < -0.39 is 6.10 Å². The van der Waals surface area contributed by atoms with Crippen LogP contribution in [0.4, 0.5) is 10.1 Å². The SMILES string of the molecule is Cc1ccc(F)cc1OCC(O)c1cccc(N)c1. The molecule has 0 fully saturated rings. The Morgan fingerprint density at radius 3 is 2.79 bits per heavy atom. The number of rotatable bonds is 4. The summed E-state index contributed by atoms with van der Waals surface area (Å²) in [6, 6.07) is 11.3. The largest absolute Gasteiger partial charge is 0.490 e. The lowest BCUT2D eigenvalue weighted by Crippen LogP contribution is -2.10. The van der Waals surface area contributed by atoms with Crippen LogP contribution in [0.3, 0.4) is 0 Å². The van der Waals surface area contributed by atoms with Crippen molar-refractivity contribution in [2.75, 3.05) is 12.3 Å². The van der Waals surface area contributed by atoms with E-state index in [0.717, 1.165) is 5.56 Å². The van der Waals surface area contributed by atoms with Crippen molar-refractivity contribution in [3.05, 3.63) is 59.4 Å². The van der Waals surface area contributed by atoms with Gasteiger partial charge in [0, 0.05) is 11.8 Å². The fraction of sp³-hybridized carbons (Fsp3) is 0.200. The van der Waals surface area contributed by atoms with Gasteiger partial charge in [0.15, 0.2) is 0 Å². The molecular formula is C15H16FNO2. The number of anilines is 1. The number of aliphatic hydroxyl groups is 1. The Morgan fingerprint density at radius 2 is 2.05 bits per heavy atom. The summed E-state index contributed by atoms with van der Waals surface area (Å²) in [6.45, 7) is 1.87. The number of nitrogens with two attached hydrogens (primary N) is 1. The van der Waals surface area contributed by atoms with Crippen LogP contribution in [0.2, 0.25) is 0 Å². The van der Waals surface area contributed by atoms with Crippen LogP contribution in [0.15, 0.2) is 42.5 Å². The molecule has 2 aromatic rings. The second-order valence-electron chi connectivity index (χ2n) is 4.41. The topological polar surface area (TPSA) is 55.5 Å². The number of ether oxygens (including phenoxy) is 1. The Morgan fingerprint density at radius 1 is 1.26 bits per heavy atom. The third kappa shape index (κ3) is 3.45. The van der Waals surface area contributed by atoms with Gasteiger partial charge in [-0.3, -0.25) is 0 Å². The van der Waals surface area contributed by atoms with E-state index in [4.69, 9.17) is 10.5 Å². The van der Waals surface area contributed by atoms with Gasteiger partial charge in [0.2, 0.25) is 0 Å². The molecule has 0 spiro atoms. The molecule has 19 heavy (non-hydrogen) atoms. The Labute approximate surface area is 111 Å². The van der Waals surface area contributed by atoms with E-state index in [0.29, 0.717) is 17.0 Å². The van der Waals surface area contributed by atoms with Gasteiger partial charge in [-0.1, -0.05) is 18.2 Å². The van der Waals surface area contributed by atoms with Gasteiger partial charge >= 0.3 is 0 Å². The van der Waals surface area contributed by atoms with Crippen LogP contribution in [0.1, 0.15) is 17.2 Å². The molecule has 0 aliphatic heterocycles. The smallest absolute Gasteiger partial charge is 0.126 e. The summed E-state index contributed by atoms with van der Waals surface area (Å²) < 4.78 is 18.5. The number of aliphatic hydroxyl groups excluding tert-OH is 1. The van der Waals surface area contributed by atoms with Crippen LogP contribution in [0, 0.1) is 12.7 Å². The maximum atomic E-state index is 13.1. The maximum Gasteiger partial charge on any atom is 0.126 e. The first-order valence-electron chi connectivity index (χ1n) is 5.98. The highest BCUT2D eigenvalue weighted by atomic mass is 19.1. The zero-order valence-corrected chi connectivity index (χ0v) is 10.6. The third-order valence-corrected chi connectivity index (χ3v) is 2.84. The summed E-state index contributed by atoms with van der Waals surface area (Å²) >= 11 is 0. The lowest BCUT2D eigenvalue weighted by Gasteiger charge is -2.14. The molecule has 0 heterocycles. The summed E-state index contributed by atoms with van der Waals surface area (Å²) in [6.07, 6.45) is -0.800. The summed E-state index contributed by atoms with van der Waals surface area (Å²) in [5, 5.41) is 9.99. The van der Waals surface area contributed by atoms with Crippen LogP contribution in [-0.4, -0.2) is 11.7 Å². The molecule has 1 atom stereocenters. The first-order valence-corrected chi connectivity index (χ1v) is 5.98. The molecule has 100 valence electrons. The minimum atomic E-state index is -0.800. The van der Waals surface area contributed by atoms with Gasteiger partial charge in [0.05, 0.1) is 0 Å². The molecule has 2 rings (SSSR count). The molecule has 2 aromatic carbocycles. The van der Waals surface area contributed by atoms with E-state index in [1.807, 2.05) is 6.92 Å². The van der Waals surface area contributed by atoms with Crippen LogP contribution < -0.4 is 10.5 Å². The molecule has 1 unspecified atom stereocenters. The van der Waals surface area contributed by atoms with Gasteiger partial charge in [0.25, 0.3) is 0 Å². The van der Waals surface area contributed by atoms with Crippen molar-refractivity contribution >= 4 is 5.69 Å². The average molecular weight is 261 g/mol. The van der Waals surface area contributed by atoms with Gasteiger partial charge in [-0.25, -0.2) is 4.39 Å². The van der Waals surface area contributed by atoms with Crippen LogP contribution in [-0.2, 0) is 0 Å². The average Bonchev–Trinajstić information content (AvgIpc) is 2.39. The lowest BCUT2D eigenvalue weighted by molar-refractivity contribution is 0.107. The molecule has 0 saturated heterocycles. The van der Waals surface area contributed by atoms with E-state index in [9.17, 15) is 9.50 Å². The van der Waals surface area contributed by atoms with E-state index in [2.05, 4.69) is 0 Å². The number of hydrogen-bond acceptors (Lipinski definition) is 3. The standard InChI is InChI=1S/C15H16FNO2/c1-10-5-6-12(16)8-15(10)19-9-14(18)11-3-2-4-13(17)7-11/h2-8,14,18H,9,17H2,1H3. The Bertz CT molecular complexity index is 572. The number of aryl methyl sites for hydroxylation is 1. The summed E-state index contributed by atoms with van der Waals surface area (Å²) in [5.41, 5.74) is 7.72. The second-order valence-corrected chi connectivity index (χ2v) is 4.41. The molecule has 0 amide bonds. The maximum absolute atomic E-state index is 13.1. The van der Waals surface area contributed by atoms with Gasteiger partial charge in [-0.05, 0) is 36.2 Å². The van der Waals surface area contributed by atoms with E-state index in [1.54, 1.807) is 30.3 Å². The number of benzene rings is 2. The molecular weight excluding hydrogens is 245 g/mol.